The molecule has 3 aromatic heterocycles. The van der Waals surface area contributed by atoms with Gasteiger partial charge in [-0.1, -0.05) is 72.6 Å². The number of rotatable bonds is 2. The standard InChI is InChI=1S/C32H31N4O3.Mg/c1-9-19-17(6)23-11-22-15(4)16(5)29(35-22)27-28(32(38)39-8)31(37)26-18(7)24(36-30(26)27)10-20-13(2)14(3)21(33-20)12-25(19)34-23;/h9-12,15-16,28H,1H2,2-8H3,(H-,35,36,37);/q-3;+2/p-1/b20-10-,21-12-,22-11-;/t15-,16-,28+;/m0./s1. The summed E-state index contributed by atoms with van der Waals surface area (Å²) in [6, 6.07) is 0. The van der Waals surface area contributed by atoms with Crippen LogP contribution in [0, 0.1) is 45.4 Å². The van der Waals surface area contributed by atoms with Gasteiger partial charge >= 0.3 is 29.0 Å². The van der Waals surface area contributed by atoms with E-state index in [4.69, 9.17) is 25.0 Å². The minimum atomic E-state index is -1.08. The van der Waals surface area contributed by atoms with Gasteiger partial charge < -0.3 is 25.0 Å². The Hall–Kier alpha value is -3.49. The van der Waals surface area contributed by atoms with Crippen LogP contribution in [0.2, 0.25) is 0 Å². The molecule has 0 N–H and O–H groups in total. The van der Waals surface area contributed by atoms with E-state index in [0.717, 1.165) is 55.6 Å². The summed E-state index contributed by atoms with van der Waals surface area (Å²) >= 11 is 0. The Balaban J connectivity index is 0.00000323. The van der Waals surface area contributed by atoms with Gasteiger partial charge in [0.2, 0.25) is 0 Å². The number of fused-ring (bicyclic) bond motifs is 7. The van der Waals surface area contributed by atoms with Crippen molar-refractivity contribution >= 4 is 64.7 Å². The van der Waals surface area contributed by atoms with Gasteiger partial charge in [0.25, 0.3) is 0 Å². The van der Waals surface area contributed by atoms with Crippen LogP contribution in [0.25, 0.3) is 35.2 Å². The van der Waals surface area contributed by atoms with Crippen LogP contribution in [0.1, 0.15) is 74.8 Å². The zero-order valence-corrected chi connectivity index (χ0v) is 25.4. The van der Waals surface area contributed by atoms with Crippen LogP contribution in [0.4, 0.5) is 0 Å². The summed E-state index contributed by atoms with van der Waals surface area (Å²) in [6.07, 6.45) is 7.78. The number of esters is 1. The normalized spacial score (nSPS) is 25.6. The minimum Gasteiger partial charge on any atom is -0.664 e. The summed E-state index contributed by atoms with van der Waals surface area (Å²) in [4.78, 5) is 41.5. The van der Waals surface area contributed by atoms with Crippen molar-refractivity contribution in [2.45, 2.75) is 41.5 Å². The molecule has 3 aromatic rings. The third kappa shape index (κ3) is 3.83. The Morgan fingerprint density at radius 2 is 1.50 bits per heavy atom. The molecule has 2 aliphatic heterocycles. The number of Topliss-reactive ketones (excluding diaryl/α,β-unsaturated/α-hetero) is 1. The van der Waals surface area contributed by atoms with Gasteiger partial charge in [-0.05, 0) is 45.1 Å². The van der Waals surface area contributed by atoms with Gasteiger partial charge in [0.05, 0.1) is 7.11 Å². The molecule has 0 spiro atoms. The monoisotopic (exact) mass is 542 g/mol. The van der Waals surface area contributed by atoms with Crippen molar-refractivity contribution in [2.75, 3.05) is 7.11 Å². The van der Waals surface area contributed by atoms with Crippen molar-refractivity contribution in [1.29, 1.82) is 0 Å². The molecule has 3 aliphatic rings. The third-order valence-corrected chi connectivity index (χ3v) is 8.80. The second-order valence-electron chi connectivity index (χ2n) is 10.8. The fourth-order valence-electron chi connectivity index (χ4n) is 6.01. The van der Waals surface area contributed by atoms with Crippen LogP contribution in [0.3, 0.4) is 0 Å². The summed E-state index contributed by atoms with van der Waals surface area (Å²) in [5, 5.41) is 6.66. The second kappa shape index (κ2) is 9.85. The van der Waals surface area contributed by atoms with Crippen molar-refractivity contribution in [3.8, 4) is 0 Å². The Labute approximate surface area is 249 Å². The summed E-state index contributed by atoms with van der Waals surface area (Å²) in [7, 11) is 1.31. The first kappa shape index (κ1) is 28.0. The summed E-state index contributed by atoms with van der Waals surface area (Å²) in [5.41, 5.74) is 10.2. The zero-order chi connectivity index (χ0) is 27.9. The predicted octanol–water partition coefficient (Wildman–Crippen LogP) is 3.42. The van der Waals surface area contributed by atoms with Gasteiger partial charge in [-0.25, -0.2) is 0 Å². The second-order valence-corrected chi connectivity index (χ2v) is 10.8. The van der Waals surface area contributed by atoms with E-state index in [2.05, 4.69) is 20.4 Å². The van der Waals surface area contributed by atoms with Crippen LogP contribution in [0.5, 0.6) is 0 Å². The molecular weight excluding hydrogens is 513 g/mol. The topological polar surface area (TPSA) is 99.8 Å². The number of hydrogen-bond acceptors (Lipinski definition) is 3. The number of aromatic nitrogens is 3. The quantitative estimate of drug-likeness (QED) is 0.279. The maximum atomic E-state index is 13.7. The van der Waals surface area contributed by atoms with Crippen LogP contribution >= 0.6 is 0 Å². The fourth-order valence-corrected chi connectivity index (χ4v) is 6.01. The maximum absolute atomic E-state index is 13.7. The van der Waals surface area contributed by atoms with E-state index in [1.807, 2.05) is 52.0 Å². The molecule has 8 bridgehead atoms. The first-order valence-electron chi connectivity index (χ1n) is 13.2. The Morgan fingerprint density at radius 1 is 0.875 bits per heavy atom. The molecule has 7 nitrogen and oxygen atoms in total. The number of ether oxygens (including phenoxy) is 1. The Bertz CT molecular complexity index is 1810. The third-order valence-electron chi connectivity index (χ3n) is 8.80. The molecule has 3 atom stereocenters. The van der Waals surface area contributed by atoms with Gasteiger partial charge in [0.1, 0.15) is 5.92 Å². The Morgan fingerprint density at radius 3 is 2.12 bits per heavy atom. The largest absolute Gasteiger partial charge is 2.00 e. The van der Waals surface area contributed by atoms with Gasteiger partial charge in [-0.3, -0.25) is 9.59 Å². The number of nitrogens with zero attached hydrogens (tertiary/aromatic N) is 4. The molecule has 1 fully saturated rings. The average molecular weight is 543 g/mol. The molecule has 1 saturated heterocycles. The van der Waals surface area contributed by atoms with Crippen molar-refractivity contribution in [3.63, 3.8) is 0 Å². The van der Waals surface area contributed by atoms with Crippen LogP contribution in [-0.4, -0.2) is 41.9 Å². The average Bonchev–Trinajstić information content (AvgIpc) is 3.63. The number of carbonyl (C=O) groups is 2. The van der Waals surface area contributed by atoms with Crippen LogP contribution < -0.4 is 25.7 Å². The molecule has 0 saturated carbocycles. The van der Waals surface area contributed by atoms with E-state index in [1.165, 1.54) is 7.11 Å². The van der Waals surface area contributed by atoms with Crippen LogP contribution in [0.15, 0.2) is 18.0 Å². The van der Waals surface area contributed by atoms with E-state index >= 15 is 0 Å². The molecule has 0 unspecified atom stereocenters. The molecule has 6 rings (SSSR count). The maximum Gasteiger partial charge on any atom is 2.00 e. The number of carbonyl (C=O) groups excluding carboxylic acids is 2. The van der Waals surface area contributed by atoms with Crippen molar-refractivity contribution in [3.05, 3.63) is 90.1 Å². The van der Waals surface area contributed by atoms with Crippen molar-refractivity contribution in [1.82, 2.24) is 15.0 Å². The van der Waals surface area contributed by atoms with Gasteiger partial charge in [-0.15, -0.1) is 33.5 Å². The molecule has 40 heavy (non-hydrogen) atoms. The van der Waals surface area contributed by atoms with Crippen molar-refractivity contribution in [2.24, 2.45) is 17.8 Å². The number of hydrogen-bond donors (Lipinski definition) is 0. The SMILES string of the molecule is C=Cc1c2[n-]c(c1C)/C=C1\[N-]/C(=C3\c4[n-]c(c(C)c4C(=O)[C@@H]3C(=O)OC)/C=c3\[n-]/c(c(C)c3C)=C\2)[C@@H](C)[C@@H]1C.[Mg+2]. The number of allylic oxidation sites excluding steroid dienone is 2. The first-order valence-corrected chi connectivity index (χ1v) is 13.2. The molecule has 0 aromatic carbocycles. The van der Waals surface area contributed by atoms with E-state index in [-0.39, 0.29) is 40.7 Å². The molecule has 1 aliphatic carbocycles. The minimum absolute atomic E-state index is 0. The predicted molar refractivity (Wildman–Crippen MR) is 157 cm³/mol. The smallest absolute Gasteiger partial charge is 0.664 e. The molecule has 0 radical (unpaired) electrons. The summed E-state index contributed by atoms with van der Waals surface area (Å²) < 4.78 is 5.10. The van der Waals surface area contributed by atoms with E-state index in [0.29, 0.717) is 28.2 Å². The molecular formula is C32H30MgN4O3-2. The summed E-state index contributed by atoms with van der Waals surface area (Å²) in [5.74, 6) is -1.95. The number of methoxy groups -OCH3 is 1. The fraction of sp³-hybridized carbons (Fsp3) is 0.312. The molecule has 0 amide bonds. The summed E-state index contributed by atoms with van der Waals surface area (Å²) in [6.45, 7) is 16.2. The number of ketones is 1. The van der Waals surface area contributed by atoms with Crippen LogP contribution in [-0.2, 0) is 9.53 Å². The van der Waals surface area contributed by atoms with E-state index in [1.54, 1.807) is 0 Å². The first-order chi connectivity index (χ1) is 18.6. The van der Waals surface area contributed by atoms with Crippen molar-refractivity contribution < 1.29 is 14.3 Å². The Kier molecular flexibility index (Phi) is 6.91. The molecule has 5 heterocycles. The van der Waals surface area contributed by atoms with Gasteiger partial charge in [-0.2, -0.15) is 11.4 Å². The van der Waals surface area contributed by atoms with E-state index < -0.39 is 11.9 Å². The molecule has 8 heteroatoms. The molecule has 200 valence electrons. The van der Waals surface area contributed by atoms with Gasteiger partial charge in [0.15, 0.2) is 5.78 Å². The zero-order valence-electron chi connectivity index (χ0n) is 24.0. The van der Waals surface area contributed by atoms with Gasteiger partial charge in [0, 0.05) is 5.56 Å². The van der Waals surface area contributed by atoms with E-state index in [9.17, 15) is 9.59 Å².